The molecule has 1 aliphatic heterocycles. The second-order valence-electron chi connectivity index (χ2n) is 4.79. The number of halogens is 1. The number of benzene rings is 1. The molecule has 6 nitrogen and oxygen atoms in total. The first-order valence-corrected chi connectivity index (χ1v) is 7.57. The first kappa shape index (κ1) is 15.2. The molecule has 7 heteroatoms. The van der Waals surface area contributed by atoms with Gasteiger partial charge in [-0.2, -0.15) is 0 Å². The average Bonchev–Trinajstić information content (AvgIpc) is 2.44. The molecule has 0 atom stereocenters. The molecule has 1 aliphatic rings. The summed E-state index contributed by atoms with van der Waals surface area (Å²) in [4.78, 5) is 13.0. The number of nitro groups is 1. The van der Waals surface area contributed by atoms with E-state index < -0.39 is 0 Å². The zero-order valence-electron chi connectivity index (χ0n) is 11.3. The molecule has 1 heterocycles. The summed E-state index contributed by atoms with van der Waals surface area (Å²) in [6.07, 6.45) is 0.976. The molecule has 0 bridgehead atoms. The van der Waals surface area contributed by atoms with Gasteiger partial charge in [-0.05, 0) is 25.1 Å². The lowest BCUT2D eigenvalue weighted by atomic mass is 10.2. The van der Waals surface area contributed by atoms with E-state index in [-0.39, 0.29) is 10.6 Å². The van der Waals surface area contributed by atoms with Crippen LogP contribution in [0.25, 0.3) is 0 Å². The highest BCUT2D eigenvalue weighted by atomic mass is 79.9. The normalized spacial score (nSPS) is 16.1. The van der Waals surface area contributed by atoms with Crippen molar-refractivity contribution in [3.63, 3.8) is 0 Å². The Morgan fingerprint density at radius 2 is 2.15 bits per heavy atom. The molecule has 1 aromatic carbocycles. The fourth-order valence-electron chi connectivity index (χ4n) is 2.27. The monoisotopic (exact) mass is 342 g/mol. The van der Waals surface area contributed by atoms with Crippen LogP contribution in [0.5, 0.6) is 0 Å². The van der Waals surface area contributed by atoms with Crippen LogP contribution in [0.2, 0.25) is 0 Å². The Bertz CT molecular complexity index is 464. The summed E-state index contributed by atoms with van der Waals surface area (Å²) in [7, 11) is 0. The molecule has 110 valence electrons. The molecule has 2 rings (SSSR count). The minimum absolute atomic E-state index is 0.121. The third-order valence-corrected chi connectivity index (χ3v) is 3.82. The molecule has 0 unspecified atom stereocenters. The first-order valence-electron chi connectivity index (χ1n) is 6.78. The Hall–Kier alpha value is -1.18. The molecular formula is C13H19BrN4O2. The lowest BCUT2D eigenvalue weighted by Crippen LogP contribution is -2.44. The van der Waals surface area contributed by atoms with E-state index in [1.807, 2.05) is 0 Å². The van der Waals surface area contributed by atoms with Crippen LogP contribution in [-0.4, -0.2) is 49.1 Å². The van der Waals surface area contributed by atoms with Gasteiger partial charge in [-0.25, -0.2) is 0 Å². The van der Waals surface area contributed by atoms with E-state index in [4.69, 9.17) is 0 Å². The molecule has 0 radical (unpaired) electrons. The summed E-state index contributed by atoms with van der Waals surface area (Å²) in [5.41, 5.74) is 0.694. The Morgan fingerprint density at radius 1 is 1.40 bits per heavy atom. The van der Waals surface area contributed by atoms with Gasteiger partial charge in [0.05, 0.1) is 4.92 Å². The minimum atomic E-state index is -0.356. The van der Waals surface area contributed by atoms with E-state index >= 15 is 0 Å². The van der Waals surface area contributed by atoms with Crippen LogP contribution >= 0.6 is 15.9 Å². The van der Waals surface area contributed by atoms with Gasteiger partial charge in [0.25, 0.3) is 5.69 Å². The van der Waals surface area contributed by atoms with Gasteiger partial charge in [0.1, 0.15) is 5.69 Å². The summed E-state index contributed by atoms with van der Waals surface area (Å²) in [6, 6.07) is 4.95. The molecule has 0 aromatic heterocycles. The summed E-state index contributed by atoms with van der Waals surface area (Å²) < 4.78 is 0.840. The van der Waals surface area contributed by atoms with E-state index in [1.165, 1.54) is 6.07 Å². The van der Waals surface area contributed by atoms with E-state index in [0.717, 1.165) is 50.2 Å². The van der Waals surface area contributed by atoms with Crippen molar-refractivity contribution in [1.29, 1.82) is 0 Å². The summed E-state index contributed by atoms with van der Waals surface area (Å²) in [5, 5.41) is 17.4. The van der Waals surface area contributed by atoms with Crippen LogP contribution in [0.15, 0.2) is 22.7 Å². The number of anilines is 1. The van der Waals surface area contributed by atoms with Gasteiger partial charge in [0.15, 0.2) is 0 Å². The molecule has 1 aromatic rings. The molecule has 1 fully saturated rings. The largest absolute Gasteiger partial charge is 0.379 e. The van der Waals surface area contributed by atoms with Gasteiger partial charge in [0, 0.05) is 43.3 Å². The topological polar surface area (TPSA) is 70.4 Å². The molecule has 0 spiro atoms. The van der Waals surface area contributed by atoms with Crippen molar-refractivity contribution in [2.45, 2.75) is 6.42 Å². The maximum atomic E-state index is 10.9. The highest BCUT2D eigenvalue weighted by Gasteiger charge is 2.13. The highest BCUT2D eigenvalue weighted by molar-refractivity contribution is 9.10. The Labute approximate surface area is 126 Å². The van der Waals surface area contributed by atoms with Crippen LogP contribution in [0.3, 0.4) is 0 Å². The number of nitro benzene ring substituents is 1. The molecule has 0 amide bonds. The third-order valence-electron chi connectivity index (χ3n) is 3.33. The number of hydrogen-bond donors (Lipinski definition) is 2. The number of nitrogens with one attached hydrogen (secondary N) is 2. The molecule has 20 heavy (non-hydrogen) atoms. The molecule has 0 aliphatic carbocycles. The fraction of sp³-hybridized carbons (Fsp3) is 0.538. The van der Waals surface area contributed by atoms with E-state index in [1.54, 1.807) is 12.1 Å². The molecule has 2 N–H and O–H groups in total. The van der Waals surface area contributed by atoms with E-state index in [2.05, 4.69) is 31.5 Å². The molecular weight excluding hydrogens is 324 g/mol. The van der Waals surface area contributed by atoms with Crippen molar-refractivity contribution in [3.05, 3.63) is 32.8 Å². The van der Waals surface area contributed by atoms with Crippen molar-refractivity contribution >= 4 is 27.3 Å². The fourth-order valence-corrected chi connectivity index (χ4v) is 2.63. The van der Waals surface area contributed by atoms with Crippen LogP contribution in [0, 0.1) is 10.1 Å². The lowest BCUT2D eigenvalue weighted by molar-refractivity contribution is -0.384. The van der Waals surface area contributed by atoms with Crippen molar-refractivity contribution in [1.82, 2.24) is 10.2 Å². The Morgan fingerprint density at radius 3 is 2.85 bits per heavy atom. The summed E-state index contributed by atoms with van der Waals surface area (Å²) in [6.45, 7) is 6.01. The Kier molecular flexibility index (Phi) is 5.75. The maximum absolute atomic E-state index is 10.9. The molecule has 0 saturated carbocycles. The van der Waals surface area contributed by atoms with Crippen molar-refractivity contribution in [2.24, 2.45) is 0 Å². The van der Waals surface area contributed by atoms with Crippen molar-refractivity contribution in [3.8, 4) is 0 Å². The second kappa shape index (κ2) is 7.56. The summed E-state index contributed by atoms with van der Waals surface area (Å²) >= 11 is 3.34. The zero-order valence-corrected chi connectivity index (χ0v) is 12.9. The lowest BCUT2D eigenvalue weighted by Gasteiger charge is -2.27. The quantitative estimate of drug-likeness (QED) is 0.470. The van der Waals surface area contributed by atoms with E-state index in [9.17, 15) is 10.1 Å². The number of rotatable bonds is 6. The van der Waals surface area contributed by atoms with Crippen LogP contribution in [0.1, 0.15) is 6.42 Å². The summed E-state index contributed by atoms with van der Waals surface area (Å²) in [5.74, 6) is 0. The van der Waals surface area contributed by atoms with Crippen LogP contribution in [0.4, 0.5) is 11.4 Å². The van der Waals surface area contributed by atoms with E-state index in [0.29, 0.717) is 5.69 Å². The van der Waals surface area contributed by atoms with Crippen LogP contribution in [-0.2, 0) is 0 Å². The Balaban J connectivity index is 1.81. The van der Waals surface area contributed by atoms with Crippen LogP contribution < -0.4 is 10.6 Å². The second-order valence-corrected chi connectivity index (χ2v) is 5.71. The first-order chi connectivity index (χ1) is 9.66. The SMILES string of the molecule is O=[N+]([O-])c1ccc(Br)cc1NCCCN1CCNCC1. The maximum Gasteiger partial charge on any atom is 0.292 e. The van der Waals surface area contributed by atoms with Gasteiger partial charge in [0.2, 0.25) is 0 Å². The minimum Gasteiger partial charge on any atom is -0.379 e. The van der Waals surface area contributed by atoms with Gasteiger partial charge in [-0.15, -0.1) is 0 Å². The standard InChI is InChI=1S/C13H19BrN4O2/c14-11-2-3-13(18(19)20)12(10-11)16-4-1-7-17-8-5-15-6-9-17/h2-3,10,15-16H,1,4-9H2. The van der Waals surface area contributed by atoms with Gasteiger partial charge < -0.3 is 15.5 Å². The van der Waals surface area contributed by atoms with Gasteiger partial charge in [-0.3, -0.25) is 10.1 Å². The molecule has 1 saturated heterocycles. The van der Waals surface area contributed by atoms with Crippen molar-refractivity contribution in [2.75, 3.05) is 44.6 Å². The predicted molar refractivity (Wildman–Crippen MR) is 83.2 cm³/mol. The number of piperazine rings is 1. The average molecular weight is 343 g/mol. The highest BCUT2D eigenvalue weighted by Crippen LogP contribution is 2.27. The smallest absolute Gasteiger partial charge is 0.292 e. The number of hydrogen-bond acceptors (Lipinski definition) is 5. The van der Waals surface area contributed by atoms with Gasteiger partial charge in [-0.1, -0.05) is 15.9 Å². The zero-order chi connectivity index (χ0) is 14.4. The van der Waals surface area contributed by atoms with Crippen molar-refractivity contribution < 1.29 is 4.92 Å². The van der Waals surface area contributed by atoms with Gasteiger partial charge >= 0.3 is 0 Å². The number of nitrogens with zero attached hydrogens (tertiary/aromatic N) is 2. The third kappa shape index (κ3) is 4.43. The predicted octanol–water partition coefficient (Wildman–Crippen LogP) is 2.06.